The van der Waals surface area contributed by atoms with Gasteiger partial charge in [0.05, 0.1) is 36.2 Å². The van der Waals surface area contributed by atoms with Gasteiger partial charge in [-0.3, -0.25) is 4.40 Å². The van der Waals surface area contributed by atoms with Crippen molar-refractivity contribution in [3.8, 4) is 45.8 Å². The van der Waals surface area contributed by atoms with Gasteiger partial charge in [-0.1, -0.05) is 0 Å². The number of benzene rings is 2. The van der Waals surface area contributed by atoms with E-state index in [0.717, 1.165) is 50.4 Å². The van der Waals surface area contributed by atoms with Gasteiger partial charge in [-0.15, -0.1) is 11.3 Å². The molecule has 7 heteroatoms. The minimum Gasteiger partial charge on any atom is -0.494 e. The second kappa shape index (κ2) is 7.15. The lowest BCUT2D eigenvalue weighted by molar-refractivity contribution is 0.174. The van der Waals surface area contributed by atoms with Crippen LogP contribution in [0, 0.1) is 11.3 Å². The molecule has 0 saturated carbocycles. The summed E-state index contributed by atoms with van der Waals surface area (Å²) in [5, 5.41) is 11.5. The van der Waals surface area contributed by atoms with Gasteiger partial charge in [0.2, 0.25) is 6.79 Å². The van der Waals surface area contributed by atoms with E-state index in [2.05, 4.69) is 15.8 Å². The predicted molar refractivity (Wildman–Crippen MR) is 111 cm³/mol. The number of aromatic nitrogens is 2. The highest BCUT2D eigenvalue weighted by Crippen LogP contribution is 2.39. The highest BCUT2D eigenvalue weighted by molar-refractivity contribution is 7.15. The summed E-state index contributed by atoms with van der Waals surface area (Å²) < 4.78 is 18.5. The van der Waals surface area contributed by atoms with Crippen LogP contribution in [0.15, 0.2) is 47.8 Å². The van der Waals surface area contributed by atoms with Crippen LogP contribution in [0.25, 0.3) is 27.5 Å². The van der Waals surface area contributed by atoms with Gasteiger partial charge in [-0.25, -0.2) is 4.98 Å². The quantitative estimate of drug-likeness (QED) is 0.473. The van der Waals surface area contributed by atoms with Crippen LogP contribution in [0.3, 0.4) is 0 Å². The molecule has 0 unspecified atom stereocenters. The van der Waals surface area contributed by atoms with E-state index in [4.69, 9.17) is 19.2 Å². The van der Waals surface area contributed by atoms with Gasteiger partial charge in [0, 0.05) is 16.5 Å². The number of hydrogen-bond acceptors (Lipinski definition) is 6. The van der Waals surface area contributed by atoms with E-state index in [1.807, 2.05) is 49.4 Å². The molecule has 4 aromatic rings. The van der Waals surface area contributed by atoms with Crippen molar-refractivity contribution >= 4 is 16.3 Å². The van der Waals surface area contributed by atoms with Crippen LogP contribution in [0.5, 0.6) is 17.2 Å². The molecule has 1 aliphatic heterocycles. The fourth-order valence-corrected chi connectivity index (χ4v) is 4.43. The Labute approximate surface area is 171 Å². The van der Waals surface area contributed by atoms with Gasteiger partial charge in [0.15, 0.2) is 16.5 Å². The van der Waals surface area contributed by atoms with Gasteiger partial charge in [-0.05, 0) is 49.4 Å². The number of fused-ring (bicyclic) bond motifs is 2. The summed E-state index contributed by atoms with van der Waals surface area (Å²) in [5.74, 6) is 2.30. The lowest BCUT2D eigenvalue weighted by atomic mass is 10.1. The molecule has 0 bridgehead atoms. The molecule has 1 aliphatic rings. The summed E-state index contributed by atoms with van der Waals surface area (Å²) in [6.07, 6.45) is 0.262. The fourth-order valence-electron chi connectivity index (χ4n) is 3.52. The van der Waals surface area contributed by atoms with Crippen LogP contribution in [0.4, 0.5) is 0 Å². The smallest absolute Gasteiger partial charge is 0.231 e. The number of nitriles is 1. The first-order valence-corrected chi connectivity index (χ1v) is 10.2. The largest absolute Gasteiger partial charge is 0.494 e. The van der Waals surface area contributed by atoms with Crippen molar-refractivity contribution in [3.05, 3.63) is 53.5 Å². The van der Waals surface area contributed by atoms with Crippen LogP contribution in [0.1, 0.15) is 12.6 Å². The summed E-state index contributed by atoms with van der Waals surface area (Å²) in [7, 11) is 0. The van der Waals surface area contributed by atoms with Crippen molar-refractivity contribution in [2.45, 2.75) is 13.3 Å². The Morgan fingerprint density at radius 1 is 1.14 bits per heavy atom. The Balaban J connectivity index is 1.64. The van der Waals surface area contributed by atoms with E-state index in [-0.39, 0.29) is 13.2 Å². The maximum atomic E-state index is 9.46. The van der Waals surface area contributed by atoms with E-state index in [1.54, 1.807) is 11.3 Å². The molecular formula is C22H17N3O3S. The minimum absolute atomic E-state index is 0.241. The third-order valence-corrected chi connectivity index (χ3v) is 5.64. The van der Waals surface area contributed by atoms with E-state index in [1.165, 1.54) is 0 Å². The van der Waals surface area contributed by atoms with Gasteiger partial charge in [-0.2, -0.15) is 5.26 Å². The zero-order valence-corrected chi connectivity index (χ0v) is 16.5. The molecule has 3 heterocycles. The lowest BCUT2D eigenvalue weighted by Crippen LogP contribution is -1.96. The van der Waals surface area contributed by atoms with Crippen molar-refractivity contribution in [2.24, 2.45) is 0 Å². The standard InChI is InChI=1S/C22H17N3O3S/c1-2-26-16-6-3-14(4-7-16)21-17(9-10-23)25-18(12-29-22(25)24-21)15-5-8-19-20(11-15)28-13-27-19/h3-8,11-12H,2,9,13H2,1H3. The number of ether oxygens (including phenoxy) is 3. The average Bonchev–Trinajstić information content (AvgIpc) is 3.44. The van der Waals surface area contributed by atoms with Crippen molar-refractivity contribution in [1.82, 2.24) is 9.38 Å². The molecule has 0 spiro atoms. The molecule has 0 aliphatic carbocycles. The second-order valence-electron chi connectivity index (χ2n) is 6.51. The molecule has 144 valence electrons. The molecule has 0 atom stereocenters. The van der Waals surface area contributed by atoms with Gasteiger partial charge < -0.3 is 14.2 Å². The van der Waals surface area contributed by atoms with Crippen LogP contribution < -0.4 is 14.2 Å². The highest BCUT2D eigenvalue weighted by Gasteiger charge is 2.21. The van der Waals surface area contributed by atoms with Gasteiger partial charge >= 0.3 is 0 Å². The van der Waals surface area contributed by atoms with E-state index < -0.39 is 0 Å². The SMILES string of the molecule is CCOc1ccc(-c2nc3scc(-c4ccc5c(c4)OCO5)n3c2CC#N)cc1. The lowest BCUT2D eigenvalue weighted by Gasteiger charge is -2.07. The summed E-state index contributed by atoms with van der Waals surface area (Å²) in [6.45, 7) is 2.82. The summed E-state index contributed by atoms with van der Waals surface area (Å²) >= 11 is 1.55. The zero-order valence-electron chi connectivity index (χ0n) is 15.7. The molecule has 6 nitrogen and oxygen atoms in total. The van der Waals surface area contributed by atoms with Gasteiger partial charge in [0.1, 0.15) is 5.75 Å². The number of thiazole rings is 1. The third kappa shape index (κ3) is 2.98. The molecular weight excluding hydrogens is 386 g/mol. The summed E-state index contributed by atoms with van der Waals surface area (Å²) in [4.78, 5) is 5.68. The Hall–Kier alpha value is -3.50. The molecule has 0 N–H and O–H groups in total. The maximum absolute atomic E-state index is 9.46. The fraction of sp³-hybridized carbons (Fsp3) is 0.182. The van der Waals surface area contributed by atoms with E-state index in [9.17, 15) is 5.26 Å². The first kappa shape index (κ1) is 17.6. The van der Waals surface area contributed by atoms with Crippen LogP contribution in [-0.2, 0) is 6.42 Å². The number of rotatable bonds is 5. The second-order valence-corrected chi connectivity index (χ2v) is 7.34. The Kier molecular flexibility index (Phi) is 4.34. The normalized spacial score (nSPS) is 12.3. The molecule has 0 fully saturated rings. The molecule has 29 heavy (non-hydrogen) atoms. The highest BCUT2D eigenvalue weighted by atomic mass is 32.1. The Morgan fingerprint density at radius 2 is 1.93 bits per heavy atom. The molecule has 2 aromatic heterocycles. The number of nitrogens with zero attached hydrogens (tertiary/aromatic N) is 3. The van der Waals surface area contributed by atoms with Crippen molar-refractivity contribution in [1.29, 1.82) is 5.26 Å². The predicted octanol–water partition coefficient (Wildman–Crippen LogP) is 4.92. The zero-order chi connectivity index (χ0) is 19.8. The molecule has 0 saturated heterocycles. The third-order valence-electron chi connectivity index (χ3n) is 4.81. The van der Waals surface area contributed by atoms with E-state index >= 15 is 0 Å². The van der Waals surface area contributed by atoms with Gasteiger partial charge in [0.25, 0.3) is 0 Å². The summed E-state index contributed by atoms with van der Waals surface area (Å²) in [6, 6.07) is 16.0. The molecule has 0 amide bonds. The number of imidazole rings is 1. The molecule has 5 rings (SSSR count). The maximum Gasteiger partial charge on any atom is 0.231 e. The van der Waals surface area contributed by atoms with Crippen LogP contribution >= 0.6 is 11.3 Å². The average molecular weight is 403 g/mol. The molecule has 2 aromatic carbocycles. The minimum atomic E-state index is 0.241. The topological polar surface area (TPSA) is 68.8 Å². The van der Waals surface area contributed by atoms with Crippen molar-refractivity contribution in [3.63, 3.8) is 0 Å². The van der Waals surface area contributed by atoms with Crippen LogP contribution in [0.2, 0.25) is 0 Å². The first-order chi connectivity index (χ1) is 14.3. The number of hydrogen-bond donors (Lipinski definition) is 0. The summed E-state index contributed by atoms with van der Waals surface area (Å²) in [5.41, 5.74) is 4.64. The van der Waals surface area contributed by atoms with Crippen molar-refractivity contribution in [2.75, 3.05) is 13.4 Å². The first-order valence-electron chi connectivity index (χ1n) is 9.27. The Bertz CT molecular complexity index is 1230. The van der Waals surface area contributed by atoms with E-state index in [0.29, 0.717) is 6.61 Å². The van der Waals surface area contributed by atoms with Crippen LogP contribution in [-0.4, -0.2) is 22.8 Å². The Morgan fingerprint density at radius 3 is 2.72 bits per heavy atom. The monoisotopic (exact) mass is 403 g/mol. The van der Waals surface area contributed by atoms with Crippen molar-refractivity contribution < 1.29 is 14.2 Å². The molecule has 0 radical (unpaired) electrons.